The normalized spacial score (nSPS) is 10.8. The lowest BCUT2D eigenvalue weighted by Gasteiger charge is -1.91. The fraction of sp³-hybridized carbons (Fsp3) is 0. The van der Waals surface area contributed by atoms with E-state index in [1.165, 1.54) is 0 Å². The van der Waals surface area contributed by atoms with E-state index in [0.29, 0.717) is 5.02 Å². The van der Waals surface area contributed by atoms with Gasteiger partial charge in [-0.3, -0.25) is 4.98 Å². The van der Waals surface area contributed by atoms with Gasteiger partial charge in [0.15, 0.2) is 0 Å². The molecule has 0 aliphatic rings. The minimum atomic E-state index is 0.692. The molecule has 3 heterocycles. The molecular formula is C12H8ClN3. The zero-order chi connectivity index (χ0) is 11.0. The summed E-state index contributed by atoms with van der Waals surface area (Å²) in [5.41, 5.74) is 2.58. The molecule has 0 saturated carbocycles. The van der Waals surface area contributed by atoms with E-state index >= 15 is 0 Å². The zero-order valence-electron chi connectivity index (χ0n) is 8.34. The van der Waals surface area contributed by atoms with Gasteiger partial charge in [0.2, 0.25) is 0 Å². The molecule has 3 nitrogen and oxygen atoms in total. The third-order valence-corrected chi connectivity index (χ3v) is 2.57. The average Bonchev–Trinajstić information content (AvgIpc) is 2.73. The first kappa shape index (κ1) is 9.36. The van der Waals surface area contributed by atoms with Crippen LogP contribution in [0.2, 0.25) is 5.02 Å². The number of fused-ring (bicyclic) bond motifs is 1. The second-order valence-corrected chi connectivity index (χ2v) is 3.89. The van der Waals surface area contributed by atoms with Crippen molar-refractivity contribution < 1.29 is 0 Å². The van der Waals surface area contributed by atoms with Gasteiger partial charge in [0.05, 0.1) is 10.7 Å². The van der Waals surface area contributed by atoms with Gasteiger partial charge in [-0.15, -0.1) is 0 Å². The highest BCUT2D eigenvalue weighted by molar-refractivity contribution is 6.30. The number of aromatic nitrogens is 3. The Morgan fingerprint density at radius 2 is 1.94 bits per heavy atom. The van der Waals surface area contributed by atoms with E-state index in [2.05, 4.69) is 9.97 Å². The Morgan fingerprint density at radius 1 is 1.00 bits per heavy atom. The molecule has 16 heavy (non-hydrogen) atoms. The van der Waals surface area contributed by atoms with Crippen molar-refractivity contribution in [3.63, 3.8) is 0 Å². The Kier molecular flexibility index (Phi) is 2.11. The van der Waals surface area contributed by atoms with Gasteiger partial charge in [-0.25, -0.2) is 4.98 Å². The third-order valence-electron chi connectivity index (χ3n) is 2.34. The summed E-state index contributed by atoms with van der Waals surface area (Å²) in [5, 5.41) is 0.692. The lowest BCUT2D eigenvalue weighted by molar-refractivity contribution is 1.19. The van der Waals surface area contributed by atoms with Gasteiger partial charge >= 0.3 is 0 Å². The Morgan fingerprint density at radius 3 is 2.75 bits per heavy atom. The molecule has 3 aromatic heterocycles. The molecule has 0 N–H and O–H groups in total. The van der Waals surface area contributed by atoms with E-state index in [0.717, 1.165) is 17.0 Å². The van der Waals surface area contributed by atoms with Crippen LogP contribution in [-0.4, -0.2) is 14.4 Å². The first-order chi connectivity index (χ1) is 7.83. The van der Waals surface area contributed by atoms with Crippen LogP contribution in [0.15, 0.2) is 48.9 Å². The molecular weight excluding hydrogens is 222 g/mol. The number of hydrogen-bond acceptors (Lipinski definition) is 2. The number of nitrogens with zero attached hydrogens (tertiary/aromatic N) is 3. The Hall–Kier alpha value is -1.87. The van der Waals surface area contributed by atoms with Crippen molar-refractivity contribution >= 4 is 17.2 Å². The Bertz CT molecular complexity index is 631. The molecule has 3 aromatic rings. The fourth-order valence-corrected chi connectivity index (χ4v) is 1.77. The molecule has 0 aliphatic carbocycles. The Labute approximate surface area is 97.3 Å². The monoisotopic (exact) mass is 229 g/mol. The average molecular weight is 230 g/mol. The van der Waals surface area contributed by atoms with Crippen molar-refractivity contribution in [2.24, 2.45) is 0 Å². The van der Waals surface area contributed by atoms with E-state index in [1.807, 2.05) is 47.1 Å². The van der Waals surface area contributed by atoms with Crippen molar-refractivity contribution in [3.05, 3.63) is 53.9 Å². The first-order valence-electron chi connectivity index (χ1n) is 4.88. The summed E-state index contributed by atoms with van der Waals surface area (Å²) in [7, 11) is 0. The van der Waals surface area contributed by atoms with E-state index in [-0.39, 0.29) is 0 Å². The third kappa shape index (κ3) is 1.55. The zero-order valence-corrected chi connectivity index (χ0v) is 9.09. The molecule has 0 aromatic carbocycles. The van der Waals surface area contributed by atoms with Crippen LogP contribution in [0, 0.1) is 0 Å². The van der Waals surface area contributed by atoms with E-state index in [1.54, 1.807) is 6.20 Å². The molecule has 0 saturated heterocycles. The van der Waals surface area contributed by atoms with Crippen molar-refractivity contribution in [3.8, 4) is 11.4 Å². The van der Waals surface area contributed by atoms with Gasteiger partial charge in [-0.1, -0.05) is 17.7 Å². The van der Waals surface area contributed by atoms with Gasteiger partial charge in [0, 0.05) is 18.6 Å². The Balaban J connectivity index is 2.19. The number of rotatable bonds is 1. The summed E-state index contributed by atoms with van der Waals surface area (Å²) in [5.74, 6) is 0. The number of hydrogen-bond donors (Lipinski definition) is 0. The molecule has 0 amide bonds. The molecule has 0 fully saturated rings. The quantitative estimate of drug-likeness (QED) is 0.642. The van der Waals surface area contributed by atoms with E-state index in [4.69, 9.17) is 11.6 Å². The van der Waals surface area contributed by atoms with Gasteiger partial charge < -0.3 is 4.40 Å². The van der Waals surface area contributed by atoms with Gasteiger partial charge in [-0.05, 0) is 24.3 Å². The summed E-state index contributed by atoms with van der Waals surface area (Å²) in [4.78, 5) is 8.72. The molecule has 0 aliphatic heterocycles. The summed E-state index contributed by atoms with van der Waals surface area (Å²) in [6.45, 7) is 0. The smallest absolute Gasteiger partial charge is 0.137 e. The van der Waals surface area contributed by atoms with Crippen LogP contribution in [0.5, 0.6) is 0 Å². The molecule has 0 atom stereocenters. The first-order valence-corrected chi connectivity index (χ1v) is 5.26. The number of halogens is 1. The predicted octanol–water partition coefficient (Wildman–Crippen LogP) is 3.05. The summed E-state index contributed by atoms with van der Waals surface area (Å²) < 4.78 is 1.90. The highest BCUT2D eigenvalue weighted by Crippen LogP contribution is 2.18. The van der Waals surface area contributed by atoms with Gasteiger partial charge in [0.25, 0.3) is 0 Å². The lowest BCUT2D eigenvalue weighted by atomic mass is 10.3. The molecule has 3 rings (SSSR count). The number of pyridine rings is 2. The second-order valence-electron chi connectivity index (χ2n) is 3.45. The van der Waals surface area contributed by atoms with Crippen LogP contribution in [-0.2, 0) is 0 Å². The summed E-state index contributed by atoms with van der Waals surface area (Å²) >= 11 is 5.91. The molecule has 4 heteroatoms. The minimum absolute atomic E-state index is 0.692. The largest absolute Gasteiger partial charge is 0.305 e. The maximum absolute atomic E-state index is 5.91. The predicted molar refractivity (Wildman–Crippen MR) is 63.4 cm³/mol. The second kappa shape index (κ2) is 3.61. The minimum Gasteiger partial charge on any atom is -0.305 e. The van der Waals surface area contributed by atoms with Crippen LogP contribution >= 0.6 is 11.6 Å². The maximum atomic E-state index is 5.91. The van der Waals surface area contributed by atoms with Crippen LogP contribution in [0.1, 0.15) is 0 Å². The SMILES string of the molecule is Clc1ccc2nc(-c3ccccn3)cn2c1. The van der Waals surface area contributed by atoms with Crippen LogP contribution in [0.3, 0.4) is 0 Å². The number of imidazole rings is 1. The van der Waals surface area contributed by atoms with E-state index < -0.39 is 0 Å². The highest BCUT2D eigenvalue weighted by atomic mass is 35.5. The fourth-order valence-electron chi connectivity index (χ4n) is 1.60. The summed E-state index contributed by atoms with van der Waals surface area (Å²) in [6.07, 6.45) is 5.51. The van der Waals surface area contributed by atoms with Crippen LogP contribution < -0.4 is 0 Å². The molecule has 0 unspecified atom stereocenters. The van der Waals surface area contributed by atoms with E-state index in [9.17, 15) is 0 Å². The van der Waals surface area contributed by atoms with Crippen molar-refractivity contribution in [1.29, 1.82) is 0 Å². The standard InChI is InChI=1S/C12H8ClN3/c13-9-4-5-12-15-11(8-16(12)7-9)10-3-1-2-6-14-10/h1-8H. The molecule has 0 bridgehead atoms. The lowest BCUT2D eigenvalue weighted by Crippen LogP contribution is -1.80. The molecule has 0 radical (unpaired) electrons. The topological polar surface area (TPSA) is 30.2 Å². The summed E-state index contributed by atoms with van der Waals surface area (Å²) in [6, 6.07) is 9.47. The van der Waals surface area contributed by atoms with Crippen molar-refractivity contribution in [2.75, 3.05) is 0 Å². The van der Waals surface area contributed by atoms with Gasteiger partial charge in [-0.2, -0.15) is 0 Å². The molecule has 0 spiro atoms. The highest BCUT2D eigenvalue weighted by Gasteiger charge is 2.04. The van der Waals surface area contributed by atoms with Crippen molar-refractivity contribution in [1.82, 2.24) is 14.4 Å². The van der Waals surface area contributed by atoms with Crippen LogP contribution in [0.4, 0.5) is 0 Å². The molecule has 78 valence electrons. The van der Waals surface area contributed by atoms with Crippen molar-refractivity contribution in [2.45, 2.75) is 0 Å². The van der Waals surface area contributed by atoms with Gasteiger partial charge in [0.1, 0.15) is 11.3 Å². The van der Waals surface area contributed by atoms with Crippen LogP contribution in [0.25, 0.3) is 17.0 Å². The maximum Gasteiger partial charge on any atom is 0.137 e.